The number of hydrogen-bond donors (Lipinski definition) is 1. The molecular formula is C22H17ClFNO2. The van der Waals surface area contributed by atoms with Crippen LogP contribution in [-0.2, 0) is 4.79 Å². The molecule has 1 N–H and O–H groups in total. The third kappa shape index (κ3) is 4.41. The summed E-state index contributed by atoms with van der Waals surface area (Å²) < 4.78 is 13.2. The number of nitrogens with one attached hydrogen (secondary N) is 1. The number of amides is 1. The Morgan fingerprint density at radius 3 is 2.33 bits per heavy atom. The molecule has 3 rings (SSSR count). The molecule has 0 bridgehead atoms. The summed E-state index contributed by atoms with van der Waals surface area (Å²) in [4.78, 5) is 25.1. The van der Waals surface area contributed by atoms with E-state index >= 15 is 0 Å². The molecule has 0 aliphatic heterocycles. The SMILES string of the molecule is C[C@H](C(=O)Nc1ccc(F)c(Cl)c1)c1cccc(C(=O)c2ccccc2)c1. The smallest absolute Gasteiger partial charge is 0.231 e. The van der Waals surface area contributed by atoms with Crippen LogP contribution in [-0.4, -0.2) is 11.7 Å². The van der Waals surface area contributed by atoms with E-state index in [0.29, 0.717) is 22.4 Å². The summed E-state index contributed by atoms with van der Waals surface area (Å²) in [6, 6.07) is 20.0. The van der Waals surface area contributed by atoms with Gasteiger partial charge in [-0.1, -0.05) is 60.1 Å². The molecule has 0 fully saturated rings. The molecule has 0 aliphatic carbocycles. The van der Waals surface area contributed by atoms with Gasteiger partial charge in [-0.3, -0.25) is 9.59 Å². The molecule has 1 amide bonds. The van der Waals surface area contributed by atoms with Crippen LogP contribution in [0.4, 0.5) is 10.1 Å². The Bertz CT molecular complexity index is 989. The van der Waals surface area contributed by atoms with Crippen molar-refractivity contribution < 1.29 is 14.0 Å². The van der Waals surface area contributed by atoms with Crippen molar-refractivity contribution in [3.05, 3.63) is 100 Å². The van der Waals surface area contributed by atoms with Crippen LogP contribution in [0.2, 0.25) is 5.02 Å². The van der Waals surface area contributed by atoms with Crippen LogP contribution in [0.25, 0.3) is 0 Å². The highest BCUT2D eigenvalue weighted by atomic mass is 35.5. The van der Waals surface area contributed by atoms with Gasteiger partial charge in [0.2, 0.25) is 5.91 Å². The third-order valence-electron chi connectivity index (χ3n) is 4.27. The molecule has 136 valence electrons. The van der Waals surface area contributed by atoms with Crippen LogP contribution in [0, 0.1) is 5.82 Å². The minimum absolute atomic E-state index is 0.0593. The molecule has 0 saturated heterocycles. The lowest BCUT2D eigenvalue weighted by Gasteiger charge is -2.14. The van der Waals surface area contributed by atoms with Gasteiger partial charge in [-0.15, -0.1) is 0 Å². The molecule has 0 aromatic heterocycles. The Hall–Kier alpha value is -2.98. The molecule has 3 aromatic rings. The van der Waals surface area contributed by atoms with Gasteiger partial charge in [0.15, 0.2) is 5.78 Å². The van der Waals surface area contributed by atoms with E-state index in [1.54, 1.807) is 55.5 Å². The highest BCUT2D eigenvalue weighted by Crippen LogP contribution is 2.23. The number of rotatable bonds is 5. The lowest BCUT2D eigenvalue weighted by Crippen LogP contribution is -2.19. The largest absolute Gasteiger partial charge is 0.326 e. The minimum Gasteiger partial charge on any atom is -0.326 e. The molecule has 5 heteroatoms. The number of carbonyl (C=O) groups excluding carboxylic acids is 2. The van der Waals surface area contributed by atoms with Crippen molar-refractivity contribution in [1.29, 1.82) is 0 Å². The van der Waals surface area contributed by atoms with Crippen molar-refractivity contribution in [1.82, 2.24) is 0 Å². The van der Waals surface area contributed by atoms with Crippen molar-refractivity contribution in [2.24, 2.45) is 0 Å². The van der Waals surface area contributed by atoms with E-state index in [1.807, 2.05) is 6.07 Å². The Morgan fingerprint density at radius 1 is 0.926 bits per heavy atom. The molecule has 0 heterocycles. The van der Waals surface area contributed by atoms with Gasteiger partial charge < -0.3 is 5.32 Å². The second kappa shape index (κ2) is 8.14. The van der Waals surface area contributed by atoms with Gasteiger partial charge in [0.1, 0.15) is 5.82 Å². The van der Waals surface area contributed by atoms with E-state index in [2.05, 4.69) is 5.32 Å². The highest BCUT2D eigenvalue weighted by molar-refractivity contribution is 6.31. The van der Waals surface area contributed by atoms with E-state index in [0.717, 1.165) is 0 Å². The van der Waals surface area contributed by atoms with Crippen molar-refractivity contribution in [2.45, 2.75) is 12.8 Å². The van der Waals surface area contributed by atoms with Crippen molar-refractivity contribution >= 4 is 29.0 Å². The quantitative estimate of drug-likeness (QED) is 0.597. The first-order valence-electron chi connectivity index (χ1n) is 8.41. The van der Waals surface area contributed by atoms with Gasteiger partial charge in [0.25, 0.3) is 0 Å². The number of halogens is 2. The zero-order chi connectivity index (χ0) is 19.4. The second-order valence-electron chi connectivity index (χ2n) is 6.16. The van der Waals surface area contributed by atoms with Gasteiger partial charge >= 0.3 is 0 Å². The fourth-order valence-electron chi connectivity index (χ4n) is 2.68. The van der Waals surface area contributed by atoms with E-state index < -0.39 is 11.7 Å². The predicted molar refractivity (Wildman–Crippen MR) is 105 cm³/mol. The van der Waals surface area contributed by atoms with Crippen LogP contribution in [0.15, 0.2) is 72.8 Å². The molecule has 3 aromatic carbocycles. The number of anilines is 1. The number of carbonyl (C=O) groups is 2. The van der Waals surface area contributed by atoms with Crippen molar-refractivity contribution in [3.63, 3.8) is 0 Å². The first kappa shape index (κ1) is 18.8. The van der Waals surface area contributed by atoms with Crippen LogP contribution in [0.3, 0.4) is 0 Å². The summed E-state index contributed by atoms with van der Waals surface area (Å²) in [6.07, 6.45) is 0. The zero-order valence-electron chi connectivity index (χ0n) is 14.6. The van der Waals surface area contributed by atoms with E-state index in [1.165, 1.54) is 18.2 Å². The van der Waals surface area contributed by atoms with Gasteiger partial charge in [-0.2, -0.15) is 0 Å². The summed E-state index contributed by atoms with van der Waals surface area (Å²) in [5.41, 5.74) is 2.23. The third-order valence-corrected chi connectivity index (χ3v) is 4.55. The van der Waals surface area contributed by atoms with Crippen LogP contribution < -0.4 is 5.32 Å². The fraction of sp³-hybridized carbons (Fsp3) is 0.0909. The first-order chi connectivity index (χ1) is 13.0. The maximum absolute atomic E-state index is 13.2. The maximum Gasteiger partial charge on any atom is 0.231 e. The van der Waals surface area contributed by atoms with Gasteiger partial charge in [-0.05, 0) is 36.8 Å². The monoisotopic (exact) mass is 381 g/mol. The Morgan fingerprint density at radius 2 is 1.63 bits per heavy atom. The van der Waals surface area contributed by atoms with Gasteiger partial charge in [-0.25, -0.2) is 4.39 Å². The topological polar surface area (TPSA) is 46.2 Å². The lowest BCUT2D eigenvalue weighted by atomic mass is 9.95. The van der Waals surface area contributed by atoms with Crippen molar-refractivity contribution in [2.75, 3.05) is 5.32 Å². The summed E-state index contributed by atoms with van der Waals surface area (Å²) >= 11 is 5.74. The molecule has 0 aliphatic rings. The summed E-state index contributed by atoms with van der Waals surface area (Å²) in [6.45, 7) is 1.74. The van der Waals surface area contributed by atoms with Crippen LogP contribution in [0.5, 0.6) is 0 Å². The summed E-state index contributed by atoms with van der Waals surface area (Å²) in [7, 11) is 0. The van der Waals surface area contributed by atoms with Crippen molar-refractivity contribution in [3.8, 4) is 0 Å². The molecular weight excluding hydrogens is 365 g/mol. The van der Waals surface area contributed by atoms with E-state index in [-0.39, 0.29) is 16.7 Å². The van der Waals surface area contributed by atoms with Gasteiger partial charge in [0.05, 0.1) is 10.9 Å². The van der Waals surface area contributed by atoms with E-state index in [4.69, 9.17) is 11.6 Å². The molecule has 0 spiro atoms. The number of benzene rings is 3. The molecule has 1 atom stereocenters. The first-order valence-corrected chi connectivity index (χ1v) is 8.79. The normalized spacial score (nSPS) is 11.7. The van der Waals surface area contributed by atoms with E-state index in [9.17, 15) is 14.0 Å². The molecule has 27 heavy (non-hydrogen) atoms. The average Bonchev–Trinajstić information content (AvgIpc) is 2.70. The average molecular weight is 382 g/mol. The number of ketones is 1. The molecule has 0 radical (unpaired) electrons. The number of hydrogen-bond acceptors (Lipinski definition) is 2. The minimum atomic E-state index is -0.546. The maximum atomic E-state index is 13.2. The molecule has 0 unspecified atom stereocenters. The second-order valence-corrected chi connectivity index (χ2v) is 6.57. The Labute approximate surface area is 161 Å². The Balaban J connectivity index is 1.78. The lowest BCUT2D eigenvalue weighted by molar-refractivity contribution is -0.117. The Kier molecular flexibility index (Phi) is 5.67. The standard InChI is InChI=1S/C22H17ClFNO2/c1-14(22(27)25-18-10-11-20(24)19(23)13-18)16-8-5-9-17(12-16)21(26)15-6-3-2-4-7-15/h2-14H,1H3,(H,25,27)/t14-/m0/s1. The van der Waals surface area contributed by atoms with Crippen LogP contribution in [0.1, 0.15) is 34.3 Å². The molecule has 3 nitrogen and oxygen atoms in total. The van der Waals surface area contributed by atoms with Crippen LogP contribution >= 0.6 is 11.6 Å². The predicted octanol–water partition coefficient (Wildman–Crippen LogP) is 5.45. The summed E-state index contributed by atoms with van der Waals surface area (Å²) in [5.74, 6) is -1.43. The van der Waals surface area contributed by atoms with Gasteiger partial charge in [0, 0.05) is 16.8 Å². The summed E-state index contributed by atoms with van der Waals surface area (Å²) in [5, 5.41) is 2.65. The fourth-order valence-corrected chi connectivity index (χ4v) is 2.86. The highest BCUT2D eigenvalue weighted by Gasteiger charge is 2.18. The molecule has 0 saturated carbocycles. The zero-order valence-corrected chi connectivity index (χ0v) is 15.3.